The number of ether oxygens (including phenoxy) is 1. The van der Waals surface area contributed by atoms with E-state index in [0.717, 1.165) is 0 Å². The van der Waals surface area contributed by atoms with Gasteiger partial charge in [0.15, 0.2) is 0 Å². The molecule has 6 nitrogen and oxygen atoms in total. The zero-order chi connectivity index (χ0) is 15.0. The molecule has 0 unspecified atom stereocenters. The fraction of sp³-hybridized carbons (Fsp3) is 0.286. The summed E-state index contributed by atoms with van der Waals surface area (Å²) < 4.78 is 5.30. The van der Waals surface area contributed by atoms with E-state index in [9.17, 15) is 9.59 Å². The molecule has 1 aromatic rings. The molecular formula is C14H16N2O4. The summed E-state index contributed by atoms with van der Waals surface area (Å²) in [5.41, 5.74) is 0.481. The number of benzene rings is 1. The van der Waals surface area contributed by atoms with E-state index in [-0.39, 0.29) is 19.6 Å². The summed E-state index contributed by atoms with van der Waals surface area (Å²) in [6, 6.07) is 6.45. The molecule has 0 aromatic heterocycles. The number of carboxylic acid groups (broad SMARTS) is 1. The van der Waals surface area contributed by atoms with Crippen LogP contribution in [0.4, 0.5) is 10.5 Å². The van der Waals surface area contributed by atoms with E-state index in [2.05, 4.69) is 11.2 Å². The highest BCUT2D eigenvalue weighted by Gasteiger charge is 2.12. The third kappa shape index (κ3) is 4.90. The van der Waals surface area contributed by atoms with Crippen LogP contribution in [0.5, 0.6) is 5.75 Å². The van der Waals surface area contributed by atoms with Crippen molar-refractivity contribution in [2.45, 2.75) is 6.42 Å². The second-order valence-electron chi connectivity index (χ2n) is 3.98. The van der Waals surface area contributed by atoms with E-state index >= 15 is 0 Å². The van der Waals surface area contributed by atoms with E-state index < -0.39 is 12.0 Å². The molecule has 0 aliphatic heterocycles. The number of urea groups is 1. The van der Waals surface area contributed by atoms with Gasteiger partial charge in [-0.3, -0.25) is 4.79 Å². The number of hydrogen-bond acceptors (Lipinski definition) is 3. The number of hydrogen-bond donors (Lipinski definition) is 2. The molecule has 0 saturated heterocycles. The Morgan fingerprint density at radius 3 is 2.80 bits per heavy atom. The van der Waals surface area contributed by atoms with E-state index in [1.54, 1.807) is 24.3 Å². The van der Waals surface area contributed by atoms with Gasteiger partial charge in [0.2, 0.25) is 0 Å². The predicted molar refractivity (Wildman–Crippen MR) is 74.7 cm³/mol. The van der Waals surface area contributed by atoms with Gasteiger partial charge in [-0.2, -0.15) is 0 Å². The highest BCUT2D eigenvalue weighted by molar-refractivity contribution is 5.91. The van der Waals surface area contributed by atoms with Crippen molar-refractivity contribution in [3.8, 4) is 18.1 Å². The number of carbonyl (C=O) groups is 2. The minimum Gasteiger partial charge on any atom is -0.481 e. The molecule has 0 aliphatic carbocycles. The highest BCUT2D eigenvalue weighted by Crippen LogP contribution is 2.23. The summed E-state index contributed by atoms with van der Waals surface area (Å²) in [7, 11) is 1.52. The summed E-state index contributed by atoms with van der Waals surface area (Å²) in [6.45, 7) is 0.219. The first kappa shape index (κ1) is 15.4. The highest BCUT2D eigenvalue weighted by atomic mass is 16.5. The second kappa shape index (κ2) is 7.69. The van der Waals surface area contributed by atoms with Gasteiger partial charge in [-0.05, 0) is 12.1 Å². The quantitative estimate of drug-likeness (QED) is 0.774. The van der Waals surface area contributed by atoms with Gasteiger partial charge in [0.25, 0.3) is 0 Å². The lowest BCUT2D eigenvalue weighted by atomic mass is 10.3. The van der Waals surface area contributed by atoms with Crippen LogP contribution in [0.25, 0.3) is 0 Å². The molecule has 6 heteroatoms. The summed E-state index contributed by atoms with van der Waals surface area (Å²) >= 11 is 0. The molecular weight excluding hydrogens is 260 g/mol. The Labute approximate surface area is 117 Å². The zero-order valence-corrected chi connectivity index (χ0v) is 11.1. The van der Waals surface area contributed by atoms with E-state index in [4.69, 9.17) is 16.3 Å². The molecule has 0 fully saturated rings. The average molecular weight is 276 g/mol. The minimum atomic E-state index is -0.956. The Morgan fingerprint density at radius 1 is 1.45 bits per heavy atom. The van der Waals surface area contributed by atoms with Crippen LogP contribution in [0.15, 0.2) is 24.3 Å². The lowest BCUT2D eigenvalue weighted by molar-refractivity contribution is -0.137. The molecule has 0 spiro atoms. The Kier molecular flexibility index (Phi) is 5.91. The first-order valence-electron chi connectivity index (χ1n) is 5.93. The van der Waals surface area contributed by atoms with Gasteiger partial charge in [0.1, 0.15) is 12.4 Å². The van der Waals surface area contributed by atoms with Crippen molar-refractivity contribution < 1.29 is 19.4 Å². The maximum Gasteiger partial charge on any atom is 0.321 e. The largest absolute Gasteiger partial charge is 0.481 e. The van der Waals surface area contributed by atoms with Gasteiger partial charge < -0.3 is 20.1 Å². The number of carbonyl (C=O) groups excluding carboxylic acids is 1. The van der Waals surface area contributed by atoms with Crippen LogP contribution in [-0.4, -0.2) is 42.2 Å². The van der Waals surface area contributed by atoms with Gasteiger partial charge in [0, 0.05) is 13.6 Å². The van der Waals surface area contributed by atoms with Crippen molar-refractivity contribution in [2.75, 3.05) is 25.5 Å². The Balaban J connectivity index is 2.65. The van der Waals surface area contributed by atoms with Crippen molar-refractivity contribution in [1.82, 2.24) is 4.90 Å². The van der Waals surface area contributed by atoms with Gasteiger partial charge in [-0.1, -0.05) is 18.1 Å². The van der Waals surface area contributed by atoms with Crippen LogP contribution in [0.1, 0.15) is 6.42 Å². The van der Waals surface area contributed by atoms with E-state index in [1.807, 2.05) is 0 Å². The number of terminal acetylenes is 1. The number of para-hydroxylation sites is 2. The molecule has 0 saturated carbocycles. The van der Waals surface area contributed by atoms with Crippen LogP contribution < -0.4 is 10.1 Å². The Morgan fingerprint density at radius 2 is 2.15 bits per heavy atom. The van der Waals surface area contributed by atoms with Crippen molar-refractivity contribution >= 4 is 17.7 Å². The standard InChI is InChI=1S/C14H16N2O4/c1-3-10-20-12-7-5-4-6-11(12)15-14(19)16(2)9-8-13(17)18/h1,4-7H,8-10H2,2H3,(H,15,19)(H,17,18). The second-order valence-corrected chi connectivity index (χ2v) is 3.98. The first-order valence-corrected chi connectivity index (χ1v) is 5.93. The van der Waals surface area contributed by atoms with Crippen LogP contribution in [0, 0.1) is 12.3 Å². The number of amides is 2. The molecule has 0 bridgehead atoms. The minimum absolute atomic E-state index is 0.0989. The van der Waals surface area contributed by atoms with Gasteiger partial charge >= 0.3 is 12.0 Å². The van der Waals surface area contributed by atoms with Gasteiger partial charge in [-0.15, -0.1) is 6.42 Å². The summed E-state index contributed by atoms with van der Waals surface area (Å²) in [4.78, 5) is 23.6. The average Bonchev–Trinajstić information content (AvgIpc) is 2.43. The molecule has 2 N–H and O–H groups in total. The monoisotopic (exact) mass is 276 g/mol. The van der Waals surface area contributed by atoms with Gasteiger partial charge in [-0.25, -0.2) is 4.79 Å². The van der Waals surface area contributed by atoms with Crippen molar-refractivity contribution in [2.24, 2.45) is 0 Å². The Hall–Kier alpha value is -2.68. The van der Waals surface area contributed by atoms with E-state index in [0.29, 0.717) is 11.4 Å². The molecule has 20 heavy (non-hydrogen) atoms. The SMILES string of the molecule is C#CCOc1ccccc1NC(=O)N(C)CCC(=O)O. The summed E-state index contributed by atoms with van der Waals surface area (Å²) in [6.07, 6.45) is 5.01. The van der Waals surface area contributed by atoms with Crippen molar-refractivity contribution in [3.63, 3.8) is 0 Å². The van der Waals surface area contributed by atoms with Crippen molar-refractivity contribution in [1.29, 1.82) is 0 Å². The molecule has 0 atom stereocenters. The maximum absolute atomic E-state index is 11.9. The number of anilines is 1. The summed E-state index contributed by atoms with van der Waals surface area (Å²) in [5.74, 6) is 1.85. The van der Waals surface area contributed by atoms with Crippen LogP contribution in [0.3, 0.4) is 0 Å². The smallest absolute Gasteiger partial charge is 0.321 e. The number of aliphatic carboxylic acids is 1. The number of nitrogens with zero attached hydrogens (tertiary/aromatic N) is 1. The number of rotatable bonds is 6. The first-order chi connectivity index (χ1) is 9.54. The topological polar surface area (TPSA) is 78.9 Å². The van der Waals surface area contributed by atoms with E-state index in [1.165, 1.54) is 11.9 Å². The Bertz CT molecular complexity index is 522. The molecule has 0 radical (unpaired) electrons. The van der Waals surface area contributed by atoms with Crippen LogP contribution in [-0.2, 0) is 4.79 Å². The van der Waals surface area contributed by atoms with Gasteiger partial charge in [0.05, 0.1) is 12.1 Å². The van der Waals surface area contributed by atoms with Crippen LogP contribution >= 0.6 is 0 Å². The maximum atomic E-state index is 11.9. The third-order valence-corrected chi connectivity index (χ3v) is 2.45. The molecule has 2 amide bonds. The lowest BCUT2D eigenvalue weighted by Crippen LogP contribution is -2.33. The molecule has 0 aliphatic rings. The fourth-order valence-electron chi connectivity index (χ4n) is 1.39. The molecule has 0 heterocycles. The van der Waals surface area contributed by atoms with Crippen molar-refractivity contribution in [3.05, 3.63) is 24.3 Å². The number of nitrogens with one attached hydrogen (secondary N) is 1. The third-order valence-electron chi connectivity index (χ3n) is 2.45. The zero-order valence-electron chi connectivity index (χ0n) is 11.1. The molecule has 106 valence electrons. The molecule has 1 rings (SSSR count). The number of carboxylic acids is 1. The summed E-state index contributed by atoms with van der Waals surface area (Å²) in [5, 5.41) is 11.2. The normalized spacial score (nSPS) is 9.40. The van der Waals surface area contributed by atoms with Crippen LogP contribution in [0.2, 0.25) is 0 Å². The lowest BCUT2D eigenvalue weighted by Gasteiger charge is -2.18. The fourth-order valence-corrected chi connectivity index (χ4v) is 1.39. The predicted octanol–water partition coefficient (Wildman–Crippen LogP) is 1.64. The molecule has 1 aromatic carbocycles.